The monoisotopic (exact) mass is 520 g/mol. The first-order valence-corrected chi connectivity index (χ1v) is 3.82. The van der Waals surface area contributed by atoms with Crippen molar-refractivity contribution in [2.75, 3.05) is 0 Å². The van der Waals surface area contributed by atoms with E-state index in [2.05, 4.69) is 12.1 Å². The zero-order chi connectivity index (χ0) is 8.49. The molecule has 0 saturated carbocycles. The van der Waals surface area contributed by atoms with Crippen molar-refractivity contribution in [2.45, 2.75) is 0 Å². The van der Waals surface area contributed by atoms with Crippen molar-refractivity contribution >= 4 is 27.3 Å². The summed E-state index contributed by atoms with van der Waals surface area (Å²) in [4.78, 5) is 0. The van der Waals surface area contributed by atoms with Gasteiger partial charge in [-0.3, -0.25) is 0 Å². The second kappa shape index (κ2) is 16.7. The van der Waals surface area contributed by atoms with E-state index in [1.807, 2.05) is 60.7 Å². The third-order valence-corrected chi connectivity index (χ3v) is 1.21. The van der Waals surface area contributed by atoms with Gasteiger partial charge in [-0.25, -0.2) is 0 Å². The Morgan fingerprint density at radius 2 is 0.733 bits per heavy atom. The Hall–Kier alpha value is 0.322. The predicted molar refractivity (Wildman–Crippen MR) is 56.3 cm³/mol. The average Bonchev–Trinajstić information content (AvgIpc) is 2.24. The van der Waals surface area contributed by atoms with Gasteiger partial charge in [0, 0.05) is 0 Å². The van der Waals surface area contributed by atoms with Crippen LogP contribution in [0.5, 0.6) is 0 Å². The molecule has 0 aliphatic carbocycles. The maximum absolute atomic E-state index is 2.89. The Morgan fingerprint density at radius 1 is 0.467 bits per heavy atom. The largest absolute Gasteiger partial charge is 2.00 e. The standard InChI is InChI=1S/2C6H5.2BrH.Pb/c2*1-2-4-6-5-3-1;;;/h2*1-5H;2*1H;/q;;;;+2/p-2. The molecule has 3 heteroatoms. The summed E-state index contributed by atoms with van der Waals surface area (Å²) in [5.74, 6) is 0. The van der Waals surface area contributed by atoms with Crippen LogP contribution >= 0.6 is 0 Å². The number of halogens is 2. The molecule has 0 fully saturated rings. The number of benzene rings is 2. The average molecular weight is 521 g/mol. The first-order valence-electron chi connectivity index (χ1n) is 3.82. The van der Waals surface area contributed by atoms with Crippen LogP contribution in [0.1, 0.15) is 0 Å². The van der Waals surface area contributed by atoms with Crippen molar-refractivity contribution in [2.24, 2.45) is 0 Å². The van der Waals surface area contributed by atoms with Crippen molar-refractivity contribution in [3.05, 3.63) is 72.8 Å². The molecule has 15 heavy (non-hydrogen) atoms. The molecule has 0 atom stereocenters. The van der Waals surface area contributed by atoms with Gasteiger partial charge in [0.15, 0.2) is 0 Å². The molecule has 0 N–H and O–H groups in total. The Labute approximate surface area is 133 Å². The minimum absolute atomic E-state index is 0. The number of hydrogen-bond acceptors (Lipinski definition) is 0. The summed E-state index contributed by atoms with van der Waals surface area (Å²) >= 11 is 0. The third-order valence-electron chi connectivity index (χ3n) is 1.21. The summed E-state index contributed by atoms with van der Waals surface area (Å²) in [5.41, 5.74) is 0. The molecule has 2 aromatic rings. The summed E-state index contributed by atoms with van der Waals surface area (Å²) in [6, 6.07) is 25.0. The van der Waals surface area contributed by atoms with E-state index in [0.29, 0.717) is 0 Å². The summed E-state index contributed by atoms with van der Waals surface area (Å²) in [6.45, 7) is 0. The quantitative estimate of drug-likeness (QED) is 0.318. The number of hydrogen-bond donors (Lipinski definition) is 0. The van der Waals surface area contributed by atoms with E-state index in [4.69, 9.17) is 0 Å². The fraction of sp³-hybridized carbons (Fsp3) is 0. The Bertz CT molecular complexity index is 189. The van der Waals surface area contributed by atoms with Crippen LogP contribution < -0.4 is 34.0 Å². The molecule has 0 aromatic heterocycles. The van der Waals surface area contributed by atoms with E-state index in [0.717, 1.165) is 0 Å². The SMILES string of the molecule is [Br-].[Br-].[Pb+2].[c]1ccccc1.[c]1ccccc1. The molecular formula is C12H10Br2Pb. The van der Waals surface area contributed by atoms with E-state index in [1.165, 1.54) is 0 Å². The Kier molecular flexibility index (Phi) is 23.1. The van der Waals surface area contributed by atoms with Crippen LogP contribution in [-0.2, 0) is 0 Å². The molecule has 2 rings (SSSR count). The first kappa shape index (κ1) is 20.7. The summed E-state index contributed by atoms with van der Waals surface area (Å²) in [6.07, 6.45) is 0. The zero-order valence-corrected chi connectivity index (χ0v) is 15.1. The smallest absolute Gasteiger partial charge is 1.00 e. The normalized spacial score (nSPS) is 6.40. The molecular weight excluding hydrogens is 511 g/mol. The molecule has 4 radical (unpaired) electrons. The molecule has 0 bridgehead atoms. The second-order valence-corrected chi connectivity index (χ2v) is 2.15. The Balaban J connectivity index is -0.000000160. The minimum Gasteiger partial charge on any atom is -1.00 e. The molecule has 2 aromatic carbocycles. The first-order chi connectivity index (χ1) is 6.00. The minimum atomic E-state index is 0. The van der Waals surface area contributed by atoms with E-state index >= 15 is 0 Å². The second-order valence-electron chi connectivity index (χ2n) is 2.15. The molecule has 0 aliphatic heterocycles. The van der Waals surface area contributed by atoms with Crippen LogP contribution in [-0.4, -0.2) is 27.3 Å². The molecule has 0 saturated heterocycles. The van der Waals surface area contributed by atoms with Crippen molar-refractivity contribution in [3.8, 4) is 0 Å². The van der Waals surface area contributed by atoms with E-state index in [1.54, 1.807) is 0 Å². The molecule has 0 unspecified atom stereocenters. The van der Waals surface area contributed by atoms with Gasteiger partial charge in [-0.2, -0.15) is 0 Å². The zero-order valence-electron chi connectivity index (χ0n) is 8.03. The van der Waals surface area contributed by atoms with Crippen LogP contribution in [0.3, 0.4) is 0 Å². The van der Waals surface area contributed by atoms with Gasteiger partial charge in [0.1, 0.15) is 0 Å². The topological polar surface area (TPSA) is 0 Å². The molecule has 0 nitrogen and oxygen atoms in total. The van der Waals surface area contributed by atoms with Gasteiger partial charge in [0.25, 0.3) is 0 Å². The third kappa shape index (κ3) is 14.3. The molecule has 76 valence electrons. The summed E-state index contributed by atoms with van der Waals surface area (Å²) in [7, 11) is 0. The Morgan fingerprint density at radius 3 is 0.800 bits per heavy atom. The van der Waals surface area contributed by atoms with E-state index < -0.39 is 0 Å². The maximum atomic E-state index is 2.89. The molecule has 0 spiro atoms. The van der Waals surface area contributed by atoms with Gasteiger partial charge in [0.2, 0.25) is 0 Å². The molecule has 0 amide bonds. The summed E-state index contributed by atoms with van der Waals surface area (Å²) in [5, 5.41) is 0. The van der Waals surface area contributed by atoms with Gasteiger partial charge in [0.05, 0.1) is 0 Å². The van der Waals surface area contributed by atoms with E-state index in [-0.39, 0.29) is 61.3 Å². The van der Waals surface area contributed by atoms with Crippen LogP contribution in [0.2, 0.25) is 0 Å². The van der Waals surface area contributed by atoms with Gasteiger partial charge in [-0.05, 0) is 12.1 Å². The van der Waals surface area contributed by atoms with Gasteiger partial charge in [-0.15, -0.1) is 0 Å². The van der Waals surface area contributed by atoms with Crippen LogP contribution in [0, 0.1) is 12.1 Å². The summed E-state index contributed by atoms with van der Waals surface area (Å²) < 4.78 is 0. The van der Waals surface area contributed by atoms with Gasteiger partial charge < -0.3 is 34.0 Å². The van der Waals surface area contributed by atoms with Gasteiger partial charge in [-0.1, -0.05) is 60.7 Å². The number of rotatable bonds is 0. The van der Waals surface area contributed by atoms with Crippen molar-refractivity contribution in [3.63, 3.8) is 0 Å². The van der Waals surface area contributed by atoms with Crippen molar-refractivity contribution in [1.82, 2.24) is 0 Å². The predicted octanol–water partition coefficient (Wildman–Crippen LogP) is -3.40. The molecule has 0 heterocycles. The van der Waals surface area contributed by atoms with Crippen molar-refractivity contribution < 1.29 is 34.0 Å². The van der Waals surface area contributed by atoms with Crippen LogP contribution in [0.15, 0.2) is 60.7 Å². The van der Waals surface area contributed by atoms with Crippen LogP contribution in [0.4, 0.5) is 0 Å². The fourth-order valence-corrected chi connectivity index (χ4v) is 0.684. The van der Waals surface area contributed by atoms with Crippen LogP contribution in [0.25, 0.3) is 0 Å². The van der Waals surface area contributed by atoms with E-state index in [9.17, 15) is 0 Å². The maximum Gasteiger partial charge on any atom is 2.00 e. The molecule has 0 aliphatic rings. The van der Waals surface area contributed by atoms with Crippen molar-refractivity contribution in [1.29, 1.82) is 0 Å². The fourth-order valence-electron chi connectivity index (χ4n) is 0.684. The van der Waals surface area contributed by atoms with Gasteiger partial charge >= 0.3 is 27.3 Å².